The number of rotatable bonds is 1. The van der Waals surface area contributed by atoms with Gasteiger partial charge in [-0.15, -0.1) is 0 Å². The van der Waals surface area contributed by atoms with Gasteiger partial charge in [-0.25, -0.2) is 0 Å². The van der Waals surface area contributed by atoms with Gasteiger partial charge in [-0.2, -0.15) is 0 Å². The molecule has 0 bridgehead atoms. The van der Waals surface area contributed by atoms with Crippen molar-refractivity contribution in [1.82, 2.24) is 0 Å². The molecule has 1 heteroatoms. The molecule has 0 radical (unpaired) electrons. The Bertz CT molecular complexity index is 344. The molecule has 1 N–H and O–H groups in total. The number of allylic oxidation sites excluding steroid dienone is 4. The zero-order chi connectivity index (χ0) is 11.1. The van der Waals surface area contributed by atoms with Crippen LogP contribution in [0.25, 0.3) is 5.57 Å². The second kappa shape index (κ2) is 6.07. The number of benzene rings is 1. The zero-order valence-corrected chi connectivity index (χ0v) is 9.40. The minimum atomic E-state index is 0.323. The first kappa shape index (κ1) is 11.6. The second-order valence-corrected chi connectivity index (χ2v) is 3.19. The van der Waals surface area contributed by atoms with E-state index < -0.39 is 0 Å². The maximum atomic E-state index is 9.12. The average Bonchev–Trinajstić information content (AvgIpc) is 2.34. The SMILES string of the molecule is CC.Oc1ccc(C2=CCCC=C2)cc1. The van der Waals surface area contributed by atoms with Crippen molar-refractivity contribution in [3.63, 3.8) is 0 Å². The van der Waals surface area contributed by atoms with E-state index in [0.29, 0.717) is 5.75 Å². The van der Waals surface area contributed by atoms with Gasteiger partial charge in [0.1, 0.15) is 5.75 Å². The number of hydrogen-bond donors (Lipinski definition) is 1. The smallest absolute Gasteiger partial charge is 0.115 e. The fourth-order valence-electron chi connectivity index (χ4n) is 1.48. The first-order valence-corrected chi connectivity index (χ1v) is 5.52. The van der Waals surface area contributed by atoms with Gasteiger partial charge in [-0.3, -0.25) is 0 Å². The third-order valence-corrected chi connectivity index (χ3v) is 2.20. The fourth-order valence-corrected chi connectivity index (χ4v) is 1.48. The maximum Gasteiger partial charge on any atom is 0.115 e. The number of hydrogen-bond acceptors (Lipinski definition) is 1. The van der Waals surface area contributed by atoms with E-state index in [0.717, 1.165) is 12.8 Å². The van der Waals surface area contributed by atoms with Gasteiger partial charge >= 0.3 is 0 Å². The largest absolute Gasteiger partial charge is 0.508 e. The summed E-state index contributed by atoms with van der Waals surface area (Å²) < 4.78 is 0. The van der Waals surface area contributed by atoms with Crippen molar-refractivity contribution in [3.8, 4) is 5.75 Å². The number of aromatic hydroxyl groups is 1. The normalized spacial score (nSPS) is 13.9. The molecule has 1 aliphatic rings. The highest BCUT2D eigenvalue weighted by molar-refractivity contribution is 5.74. The molecular weight excluding hydrogens is 184 g/mol. The van der Waals surface area contributed by atoms with Crippen LogP contribution in [0.5, 0.6) is 5.75 Å². The Balaban J connectivity index is 0.000000531. The summed E-state index contributed by atoms with van der Waals surface area (Å²) in [6, 6.07) is 7.32. The van der Waals surface area contributed by atoms with E-state index in [1.54, 1.807) is 12.1 Å². The monoisotopic (exact) mass is 202 g/mol. The summed E-state index contributed by atoms with van der Waals surface area (Å²) in [6.45, 7) is 4.00. The summed E-state index contributed by atoms with van der Waals surface area (Å²) in [5, 5.41) is 9.12. The summed E-state index contributed by atoms with van der Waals surface area (Å²) in [7, 11) is 0. The molecule has 0 saturated carbocycles. The number of phenolic OH excluding ortho intramolecular Hbond substituents is 1. The molecule has 0 unspecified atom stereocenters. The molecule has 2 rings (SSSR count). The topological polar surface area (TPSA) is 20.2 Å². The van der Waals surface area contributed by atoms with Crippen LogP contribution >= 0.6 is 0 Å². The molecule has 0 fully saturated rings. The zero-order valence-electron chi connectivity index (χ0n) is 9.40. The lowest BCUT2D eigenvalue weighted by Crippen LogP contribution is -1.84. The van der Waals surface area contributed by atoms with Crippen LogP contribution in [0.4, 0.5) is 0 Å². The Morgan fingerprint density at radius 2 is 1.67 bits per heavy atom. The van der Waals surface area contributed by atoms with E-state index in [2.05, 4.69) is 18.2 Å². The molecule has 0 atom stereocenters. The standard InChI is InChI=1S/C12H12O.C2H6/c13-12-8-6-11(7-9-12)10-4-2-1-3-5-10;1-2/h2,4-9,13H,1,3H2;1-2H3. The van der Waals surface area contributed by atoms with Gasteiger partial charge in [-0.1, -0.05) is 44.2 Å². The van der Waals surface area contributed by atoms with Crippen molar-refractivity contribution in [2.75, 3.05) is 0 Å². The van der Waals surface area contributed by atoms with E-state index in [4.69, 9.17) is 5.11 Å². The Kier molecular flexibility index (Phi) is 4.69. The highest BCUT2D eigenvalue weighted by Crippen LogP contribution is 2.22. The summed E-state index contributed by atoms with van der Waals surface area (Å²) in [5.74, 6) is 0.323. The second-order valence-electron chi connectivity index (χ2n) is 3.19. The van der Waals surface area contributed by atoms with Crippen LogP contribution in [0.15, 0.2) is 42.5 Å². The Morgan fingerprint density at radius 1 is 1.00 bits per heavy atom. The van der Waals surface area contributed by atoms with E-state index in [-0.39, 0.29) is 0 Å². The third kappa shape index (κ3) is 3.28. The Hall–Kier alpha value is -1.50. The molecule has 1 aromatic carbocycles. The maximum absolute atomic E-state index is 9.12. The van der Waals surface area contributed by atoms with Crippen molar-refractivity contribution in [2.24, 2.45) is 0 Å². The van der Waals surface area contributed by atoms with Crippen molar-refractivity contribution < 1.29 is 5.11 Å². The predicted octanol–water partition coefficient (Wildman–Crippen LogP) is 4.15. The van der Waals surface area contributed by atoms with Crippen molar-refractivity contribution in [1.29, 1.82) is 0 Å². The quantitative estimate of drug-likeness (QED) is 0.725. The average molecular weight is 202 g/mol. The third-order valence-electron chi connectivity index (χ3n) is 2.20. The van der Waals surface area contributed by atoms with Gasteiger partial charge in [0.25, 0.3) is 0 Å². The van der Waals surface area contributed by atoms with Crippen molar-refractivity contribution in [2.45, 2.75) is 26.7 Å². The van der Waals surface area contributed by atoms with Gasteiger partial charge in [0, 0.05) is 0 Å². The molecule has 80 valence electrons. The minimum absolute atomic E-state index is 0.323. The van der Waals surface area contributed by atoms with Crippen LogP contribution < -0.4 is 0 Å². The van der Waals surface area contributed by atoms with Gasteiger partial charge in [0.15, 0.2) is 0 Å². The molecule has 0 amide bonds. The van der Waals surface area contributed by atoms with Crippen LogP contribution in [0.1, 0.15) is 32.3 Å². The molecule has 1 nitrogen and oxygen atoms in total. The lowest BCUT2D eigenvalue weighted by molar-refractivity contribution is 0.475. The van der Waals surface area contributed by atoms with Gasteiger partial charge in [-0.05, 0) is 36.1 Å². The summed E-state index contributed by atoms with van der Waals surface area (Å²) in [4.78, 5) is 0. The summed E-state index contributed by atoms with van der Waals surface area (Å²) in [6.07, 6.45) is 8.80. The highest BCUT2D eigenvalue weighted by atomic mass is 16.3. The Morgan fingerprint density at radius 3 is 2.20 bits per heavy atom. The first-order chi connectivity index (χ1) is 7.36. The van der Waals surface area contributed by atoms with E-state index in [1.165, 1.54) is 11.1 Å². The fraction of sp³-hybridized carbons (Fsp3) is 0.286. The summed E-state index contributed by atoms with van der Waals surface area (Å²) in [5.41, 5.74) is 2.43. The van der Waals surface area contributed by atoms with E-state index >= 15 is 0 Å². The molecule has 0 heterocycles. The van der Waals surface area contributed by atoms with Gasteiger partial charge in [0.2, 0.25) is 0 Å². The van der Waals surface area contributed by atoms with Crippen LogP contribution in [0.2, 0.25) is 0 Å². The van der Waals surface area contributed by atoms with Gasteiger partial charge in [0.05, 0.1) is 0 Å². The van der Waals surface area contributed by atoms with Crippen molar-refractivity contribution in [3.05, 3.63) is 48.1 Å². The van der Waals surface area contributed by atoms with Crippen LogP contribution in [-0.2, 0) is 0 Å². The van der Waals surface area contributed by atoms with Crippen LogP contribution in [-0.4, -0.2) is 5.11 Å². The summed E-state index contributed by atoms with van der Waals surface area (Å²) >= 11 is 0. The minimum Gasteiger partial charge on any atom is -0.508 e. The lowest BCUT2D eigenvalue weighted by Gasteiger charge is -2.06. The molecule has 15 heavy (non-hydrogen) atoms. The molecule has 1 aromatic rings. The van der Waals surface area contributed by atoms with Crippen LogP contribution in [0.3, 0.4) is 0 Å². The van der Waals surface area contributed by atoms with Crippen LogP contribution in [0, 0.1) is 0 Å². The predicted molar refractivity (Wildman–Crippen MR) is 65.8 cm³/mol. The molecule has 0 saturated heterocycles. The molecule has 0 spiro atoms. The lowest BCUT2D eigenvalue weighted by atomic mass is 10.00. The highest BCUT2D eigenvalue weighted by Gasteiger charge is 2.00. The molecular formula is C14H18O. The van der Waals surface area contributed by atoms with Gasteiger partial charge < -0.3 is 5.11 Å². The first-order valence-electron chi connectivity index (χ1n) is 5.52. The number of phenols is 1. The molecule has 1 aliphatic carbocycles. The molecule has 0 aliphatic heterocycles. The van der Waals surface area contributed by atoms with E-state index in [1.807, 2.05) is 26.0 Å². The van der Waals surface area contributed by atoms with E-state index in [9.17, 15) is 0 Å². The Labute approximate surface area is 91.8 Å². The molecule has 0 aromatic heterocycles. The van der Waals surface area contributed by atoms with Crippen molar-refractivity contribution >= 4 is 5.57 Å².